The van der Waals surface area contributed by atoms with Gasteiger partial charge in [-0.25, -0.2) is 0 Å². The first-order valence-electron chi connectivity index (χ1n) is 7.28. The molecule has 1 nitrogen and oxygen atoms in total. The first-order chi connectivity index (χ1) is 10.1. The molecule has 0 amide bonds. The van der Waals surface area contributed by atoms with Crippen molar-refractivity contribution in [2.24, 2.45) is 5.92 Å². The fraction of sp³-hybridized carbons (Fsp3) is 0.263. The lowest BCUT2D eigenvalue weighted by Crippen LogP contribution is -2.09. The van der Waals surface area contributed by atoms with Crippen molar-refractivity contribution in [1.82, 2.24) is 0 Å². The molecule has 0 aliphatic rings. The van der Waals surface area contributed by atoms with E-state index in [9.17, 15) is 0 Å². The zero-order chi connectivity index (χ0) is 15.2. The van der Waals surface area contributed by atoms with Crippen molar-refractivity contribution in [2.45, 2.75) is 18.7 Å². The molecule has 110 valence electrons. The van der Waals surface area contributed by atoms with Gasteiger partial charge in [0.25, 0.3) is 0 Å². The van der Waals surface area contributed by atoms with E-state index in [0.717, 1.165) is 0 Å². The van der Waals surface area contributed by atoms with Gasteiger partial charge in [-0.3, -0.25) is 0 Å². The van der Waals surface area contributed by atoms with Crippen LogP contribution in [0.5, 0.6) is 0 Å². The van der Waals surface area contributed by atoms with Gasteiger partial charge in [0.1, 0.15) is 0 Å². The fourth-order valence-corrected chi connectivity index (χ4v) is 3.41. The average Bonchev–Trinajstić information content (AvgIpc) is 2.48. The fourth-order valence-electron chi connectivity index (χ4n) is 2.22. The molecule has 0 saturated carbocycles. The van der Waals surface area contributed by atoms with E-state index >= 15 is 0 Å². The second-order valence-electron chi connectivity index (χ2n) is 5.57. The lowest BCUT2D eigenvalue weighted by Gasteiger charge is -2.17. The molecular formula is C19H23NS. The van der Waals surface area contributed by atoms with Gasteiger partial charge in [0.05, 0.1) is 5.69 Å². The lowest BCUT2D eigenvalue weighted by atomic mass is 9.97. The van der Waals surface area contributed by atoms with E-state index in [-0.39, 0.29) is 0 Å². The molecule has 0 unspecified atom stereocenters. The third kappa shape index (κ3) is 4.15. The Morgan fingerprint density at radius 1 is 0.952 bits per heavy atom. The highest BCUT2D eigenvalue weighted by atomic mass is 32.2. The maximum Gasteiger partial charge on any atom is 0.0502 e. The Labute approximate surface area is 132 Å². The van der Waals surface area contributed by atoms with Crippen molar-refractivity contribution in [3.8, 4) is 0 Å². The minimum absolute atomic E-state index is 0.506. The van der Waals surface area contributed by atoms with Crippen molar-refractivity contribution in [1.29, 1.82) is 0 Å². The van der Waals surface area contributed by atoms with Crippen LogP contribution in [-0.2, 0) is 0 Å². The lowest BCUT2D eigenvalue weighted by molar-refractivity contribution is 0.857. The van der Waals surface area contributed by atoms with Gasteiger partial charge < -0.3 is 4.90 Å². The van der Waals surface area contributed by atoms with E-state index < -0.39 is 0 Å². The molecule has 2 aromatic carbocycles. The quantitative estimate of drug-likeness (QED) is 0.666. The summed E-state index contributed by atoms with van der Waals surface area (Å²) < 4.78 is 0. The molecule has 0 radical (unpaired) electrons. The summed E-state index contributed by atoms with van der Waals surface area (Å²) >= 11 is 1.80. The maximum atomic E-state index is 2.29. The van der Waals surface area contributed by atoms with Gasteiger partial charge in [0, 0.05) is 19.0 Å². The smallest absolute Gasteiger partial charge is 0.0502 e. The van der Waals surface area contributed by atoms with Crippen LogP contribution in [0.3, 0.4) is 0 Å². The molecule has 0 aromatic heterocycles. The largest absolute Gasteiger partial charge is 0.377 e. The summed E-state index contributed by atoms with van der Waals surface area (Å²) in [5.74, 6) is 0.506. The molecular weight excluding hydrogens is 274 g/mol. The van der Waals surface area contributed by atoms with Gasteiger partial charge in [-0.05, 0) is 34.6 Å². The molecule has 0 N–H and O–H groups in total. The number of benzene rings is 2. The van der Waals surface area contributed by atoms with Crippen LogP contribution in [0.2, 0.25) is 0 Å². The Bertz CT molecular complexity index is 600. The topological polar surface area (TPSA) is 3.24 Å². The summed E-state index contributed by atoms with van der Waals surface area (Å²) in [5.41, 5.74) is 3.95. The first kappa shape index (κ1) is 15.7. The normalized spacial score (nSPS) is 11.8. The summed E-state index contributed by atoms with van der Waals surface area (Å²) in [7, 11) is 4.17. The third-order valence-electron chi connectivity index (χ3n) is 3.39. The van der Waals surface area contributed by atoms with Crippen LogP contribution < -0.4 is 4.90 Å². The first-order valence-corrected chi connectivity index (χ1v) is 8.16. The number of hydrogen-bond donors (Lipinski definition) is 0. The van der Waals surface area contributed by atoms with Crippen molar-refractivity contribution >= 4 is 23.0 Å². The predicted molar refractivity (Wildman–Crippen MR) is 95.9 cm³/mol. The molecule has 2 aromatic rings. The predicted octanol–water partition coefficient (Wildman–Crippen LogP) is 5.54. The molecule has 0 spiro atoms. The second-order valence-corrected chi connectivity index (χ2v) is 6.49. The molecule has 2 heteroatoms. The van der Waals surface area contributed by atoms with E-state index in [1.54, 1.807) is 11.8 Å². The average molecular weight is 297 g/mol. The zero-order valence-electron chi connectivity index (χ0n) is 13.2. The van der Waals surface area contributed by atoms with E-state index in [2.05, 4.69) is 92.8 Å². The molecule has 0 saturated heterocycles. The van der Waals surface area contributed by atoms with Gasteiger partial charge in [-0.2, -0.15) is 0 Å². The Morgan fingerprint density at radius 3 is 2.19 bits per heavy atom. The minimum atomic E-state index is 0.506. The zero-order valence-corrected chi connectivity index (χ0v) is 14.0. The van der Waals surface area contributed by atoms with E-state index in [4.69, 9.17) is 0 Å². The highest BCUT2D eigenvalue weighted by molar-refractivity contribution is 8.02. The van der Waals surface area contributed by atoms with Crippen LogP contribution in [0.4, 0.5) is 5.69 Å². The van der Waals surface area contributed by atoms with Crippen molar-refractivity contribution in [2.75, 3.05) is 19.0 Å². The highest BCUT2D eigenvalue weighted by Crippen LogP contribution is 2.34. The Hall–Kier alpha value is -1.67. The number of hydrogen-bond acceptors (Lipinski definition) is 2. The standard InChI is InChI=1S/C19H23NS/c1-15(2)17(16-10-6-5-7-11-16)14-21-19-13-9-8-12-18(19)20(3)4/h5-15H,1-4H3/b17-14+. The molecule has 0 bridgehead atoms. The van der Waals surface area contributed by atoms with Gasteiger partial charge in [-0.1, -0.05) is 68.1 Å². The van der Waals surface area contributed by atoms with Crippen molar-refractivity contribution in [3.05, 3.63) is 65.6 Å². The third-order valence-corrected chi connectivity index (χ3v) is 4.36. The Balaban J connectivity index is 2.30. The Kier molecular flexibility index (Phi) is 5.51. The van der Waals surface area contributed by atoms with Crippen molar-refractivity contribution in [3.63, 3.8) is 0 Å². The van der Waals surface area contributed by atoms with Crippen LogP contribution in [0.25, 0.3) is 5.57 Å². The SMILES string of the molecule is CC(C)/C(=C\Sc1ccccc1N(C)C)c1ccccc1. The van der Waals surface area contributed by atoms with Crippen LogP contribution in [0, 0.1) is 5.92 Å². The van der Waals surface area contributed by atoms with Crippen LogP contribution in [-0.4, -0.2) is 14.1 Å². The molecule has 0 aliphatic heterocycles. The van der Waals surface area contributed by atoms with E-state index in [1.165, 1.54) is 21.7 Å². The summed E-state index contributed by atoms with van der Waals surface area (Å²) in [6.07, 6.45) is 0. The monoisotopic (exact) mass is 297 g/mol. The number of thioether (sulfide) groups is 1. The highest BCUT2D eigenvalue weighted by Gasteiger charge is 2.08. The van der Waals surface area contributed by atoms with Gasteiger partial charge in [0.2, 0.25) is 0 Å². The van der Waals surface area contributed by atoms with Gasteiger partial charge >= 0.3 is 0 Å². The molecule has 0 heterocycles. The molecule has 2 rings (SSSR count). The molecule has 21 heavy (non-hydrogen) atoms. The molecule has 0 fully saturated rings. The maximum absolute atomic E-state index is 2.29. The van der Waals surface area contributed by atoms with Crippen LogP contribution in [0.15, 0.2) is 64.9 Å². The summed E-state index contributed by atoms with van der Waals surface area (Å²) in [5, 5.41) is 2.29. The number of nitrogens with zero attached hydrogens (tertiary/aromatic N) is 1. The number of rotatable bonds is 5. The Morgan fingerprint density at radius 2 is 1.57 bits per heavy atom. The summed E-state index contributed by atoms with van der Waals surface area (Å²) in [6, 6.07) is 19.2. The number of anilines is 1. The number of allylic oxidation sites excluding steroid dienone is 1. The second kappa shape index (κ2) is 7.37. The summed E-state index contributed by atoms with van der Waals surface area (Å²) in [6.45, 7) is 4.49. The molecule has 0 atom stereocenters. The van der Waals surface area contributed by atoms with E-state index in [0.29, 0.717) is 5.92 Å². The van der Waals surface area contributed by atoms with E-state index in [1.807, 2.05) is 0 Å². The number of para-hydroxylation sites is 1. The van der Waals surface area contributed by atoms with Crippen LogP contribution in [0.1, 0.15) is 19.4 Å². The van der Waals surface area contributed by atoms with Gasteiger partial charge in [0.15, 0.2) is 0 Å². The minimum Gasteiger partial charge on any atom is -0.377 e. The molecule has 0 aliphatic carbocycles. The van der Waals surface area contributed by atoms with Crippen molar-refractivity contribution < 1.29 is 0 Å². The van der Waals surface area contributed by atoms with Gasteiger partial charge in [-0.15, -0.1) is 0 Å². The summed E-state index contributed by atoms with van der Waals surface area (Å²) in [4.78, 5) is 3.45. The van der Waals surface area contributed by atoms with Crippen LogP contribution >= 0.6 is 11.8 Å².